The average Bonchev–Trinajstić information content (AvgIpc) is 2.84. The molecule has 1 aromatic rings. The Morgan fingerprint density at radius 3 is 2.53 bits per heavy atom. The molecular weight excluding hydrogens is 242 g/mol. The number of nitrogens with one attached hydrogen (secondary N) is 1. The van der Waals surface area contributed by atoms with Gasteiger partial charge in [0.25, 0.3) is 5.91 Å². The van der Waals surface area contributed by atoms with Crippen molar-refractivity contribution in [2.45, 2.75) is 26.7 Å². The van der Waals surface area contributed by atoms with Crippen molar-refractivity contribution < 1.29 is 14.7 Å². The number of hydrogen-bond donors (Lipinski definition) is 2. The smallest absolute Gasteiger partial charge is 0.311 e. The molecule has 0 saturated carbocycles. The van der Waals surface area contributed by atoms with Crippen LogP contribution in [-0.4, -0.2) is 33.1 Å². The van der Waals surface area contributed by atoms with Crippen LogP contribution in [0.25, 0.3) is 0 Å². The highest BCUT2D eigenvalue weighted by molar-refractivity contribution is 7.07. The quantitative estimate of drug-likeness (QED) is 0.797. The maximum absolute atomic E-state index is 11.6. The van der Waals surface area contributed by atoms with Gasteiger partial charge in [0.2, 0.25) is 0 Å². The summed E-state index contributed by atoms with van der Waals surface area (Å²) in [6.07, 6.45) is 2.31. The zero-order valence-electron chi connectivity index (χ0n) is 9.77. The largest absolute Gasteiger partial charge is 0.481 e. The van der Waals surface area contributed by atoms with Crippen LogP contribution >= 0.6 is 11.5 Å². The Morgan fingerprint density at radius 2 is 2.12 bits per heavy atom. The number of nitrogens with zero attached hydrogens (tertiary/aromatic N) is 2. The van der Waals surface area contributed by atoms with Crippen molar-refractivity contribution in [3.63, 3.8) is 0 Å². The van der Waals surface area contributed by atoms with Crippen LogP contribution in [0.4, 0.5) is 0 Å². The van der Waals surface area contributed by atoms with Crippen molar-refractivity contribution in [2.24, 2.45) is 5.41 Å². The van der Waals surface area contributed by atoms with Crippen molar-refractivity contribution in [1.82, 2.24) is 14.9 Å². The minimum absolute atomic E-state index is 0.117. The van der Waals surface area contributed by atoms with Gasteiger partial charge in [0.1, 0.15) is 4.88 Å². The summed E-state index contributed by atoms with van der Waals surface area (Å²) in [5.74, 6) is -1.21. The van der Waals surface area contributed by atoms with E-state index in [1.54, 1.807) is 13.8 Å². The summed E-state index contributed by atoms with van der Waals surface area (Å²) in [6.45, 7) is 3.72. The minimum atomic E-state index is -0.895. The second-order valence-corrected chi connectivity index (χ2v) is 4.54. The van der Waals surface area contributed by atoms with Gasteiger partial charge in [-0.3, -0.25) is 9.59 Å². The molecule has 2 N–H and O–H groups in total. The van der Waals surface area contributed by atoms with Crippen molar-refractivity contribution in [3.8, 4) is 0 Å². The highest BCUT2D eigenvalue weighted by Gasteiger charge is 2.35. The number of carboxylic acid groups (broad SMARTS) is 1. The molecule has 0 unspecified atom stereocenters. The Hall–Kier alpha value is -1.50. The molecule has 0 aliphatic heterocycles. The molecule has 1 heterocycles. The molecule has 0 bridgehead atoms. The van der Waals surface area contributed by atoms with Gasteiger partial charge in [-0.05, 0) is 24.4 Å². The van der Waals surface area contributed by atoms with E-state index in [9.17, 15) is 14.7 Å². The third-order valence-corrected chi connectivity index (χ3v) is 3.64. The fraction of sp³-hybridized carbons (Fsp3) is 0.600. The summed E-state index contributed by atoms with van der Waals surface area (Å²) in [6, 6.07) is 0. The molecule has 6 nitrogen and oxygen atoms in total. The van der Waals surface area contributed by atoms with E-state index in [0.29, 0.717) is 17.7 Å². The SMILES string of the molecule is CCC(CC)(CNC(=O)c1cnns1)C(=O)O. The third-order valence-electron chi connectivity index (χ3n) is 2.98. The molecule has 0 aliphatic rings. The summed E-state index contributed by atoms with van der Waals surface area (Å²) in [4.78, 5) is 23.2. The number of amides is 1. The lowest BCUT2D eigenvalue weighted by Crippen LogP contribution is -2.42. The molecule has 17 heavy (non-hydrogen) atoms. The third kappa shape index (κ3) is 3.00. The van der Waals surface area contributed by atoms with Crippen LogP contribution in [0, 0.1) is 5.41 Å². The zero-order valence-corrected chi connectivity index (χ0v) is 10.6. The van der Waals surface area contributed by atoms with E-state index >= 15 is 0 Å². The Morgan fingerprint density at radius 1 is 1.47 bits per heavy atom. The molecule has 94 valence electrons. The molecule has 0 atom stereocenters. The highest BCUT2D eigenvalue weighted by atomic mass is 32.1. The maximum atomic E-state index is 11.6. The Kier molecular flexibility index (Phi) is 4.56. The van der Waals surface area contributed by atoms with Gasteiger partial charge in [-0.1, -0.05) is 18.3 Å². The van der Waals surface area contributed by atoms with E-state index in [4.69, 9.17) is 0 Å². The van der Waals surface area contributed by atoms with E-state index in [1.165, 1.54) is 6.20 Å². The van der Waals surface area contributed by atoms with Gasteiger partial charge >= 0.3 is 5.97 Å². The number of rotatable bonds is 6. The first-order valence-electron chi connectivity index (χ1n) is 5.34. The number of hydrogen-bond acceptors (Lipinski definition) is 5. The Labute approximate surface area is 103 Å². The number of carboxylic acids is 1. The first-order valence-corrected chi connectivity index (χ1v) is 6.12. The van der Waals surface area contributed by atoms with E-state index < -0.39 is 11.4 Å². The van der Waals surface area contributed by atoms with E-state index in [0.717, 1.165) is 11.5 Å². The molecule has 0 radical (unpaired) electrons. The summed E-state index contributed by atoms with van der Waals surface area (Å²) in [5.41, 5.74) is -0.895. The number of carbonyl (C=O) groups excluding carboxylic acids is 1. The van der Waals surface area contributed by atoms with Gasteiger partial charge in [-0.25, -0.2) is 0 Å². The lowest BCUT2D eigenvalue weighted by molar-refractivity contribution is -0.149. The first kappa shape index (κ1) is 13.6. The lowest BCUT2D eigenvalue weighted by atomic mass is 9.82. The van der Waals surface area contributed by atoms with Crippen LogP contribution in [0.1, 0.15) is 36.4 Å². The number of aromatic nitrogens is 2. The molecule has 7 heteroatoms. The van der Waals surface area contributed by atoms with Gasteiger partial charge < -0.3 is 10.4 Å². The van der Waals surface area contributed by atoms with Crippen LogP contribution in [0.5, 0.6) is 0 Å². The summed E-state index contributed by atoms with van der Waals surface area (Å²) in [7, 11) is 0. The van der Waals surface area contributed by atoms with Crippen LogP contribution < -0.4 is 5.32 Å². The first-order chi connectivity index (χ1) is 8.05. The molecular formula is C10H15N3O3S. The Balaban J connectivity index is 2.65. The van der Waals surface area contributed by atoms with Crippen LogP contribution in [0.3, 0.4) is 0 Å². The highest BCUT2D eigenvalue weighted by Crippen LogP contribution is 2.25. The number of carbonyl (C=O) groups is 2. The number of aliphatic carboxylic acids is 1. The van der Waals surface area contributed by atoms with Crippen molar-refractivity contribution in [1.29, 1.82) is 0 Å². The van der Waals surface area contributed by atoms with Crippen molar-refractivity contribution >= 4 is 23.4 Å². The molecule has 1 amide bonds. The molecule has 0 spiro atoms. The summed E-state index contributed by atoms with van der Waals surface area (Å²) >= 11 is 0.985. The molecule has 1 aromatic heterocycles. The van der Waals surface area contributed by atoms with Crippen LogP contribution in [-0.2, 0) is 4.79 Å². The van der Waals surface area contributed by atoms with Gasteiger partial charge in [0.05, 0.1) is 11.6 Å². The molecule has 1 rings (SSSR count). The predicted molar refractivity (Wildman–Crippen MR) is 62.9 cm³/mol. The van der Waals surface area contributed by atoms with E-state index in [1.807, 2.05) is 0 Å². The fourth-order valence-corrected chi connectivity index (χ4v) is 1.91. The standard InChI is InChI=1S/C10H15N3O3S/c1-3-10(4-2,9(15)16)6-11-8(14)7-5-12-13-17-7/h5H,3-4,6H2,1-2H3,(H,11,14)(H,15,16). The normalized spacial score (nSPS) is 11.2. The van der Waals surface area contributed by atoms with Gasteiger partial charge in [0, 0.05) is 6.54 Å². The summed E-state index contributed by atoms with van der Waals surface area (Å²) in [5, 5.41) is 15.4. The van der Waals surface area contributed by atoms with Crippen LogP contribution in [0.15, 0.2) is 6.20 Å². The van der Waals surface area contributed by atoms with Gasteiger partial charge in [-0.15, -0.1) is 5.10 Å². The lowest BCUT2D eigenvalue weighted by Gasteiger charge is -2.26. The fourth-order valence-electron chi connectivity index (χ4n) is 1.48. The molecule has 0 aliphatic carbocycles. The maximum Gasteiger partial charge on any atom is 0.311 e. The molecule has 0 saturated heterocycles. The van der Waals surface area contributed by atoms with Crippen molar-refractivity contribution in [2.75, 3.05) is 6.54 Å². The van der Waals surface area contributed by atoms with Crippen molar-refractivity contribution in [3.05, 3.63) is 11.1 Å². The van der Waals surface area contributed by atoms with Gasteiger partial charge in [-0.2, -0.15) is 0 Å². The molecule has 0 aromatic carbocycles. The average molecular weight is 257 g/mol. The predicted octanol–water partition coefficient (Wildman–Crippen LogP) is 1.16. The van der Waals surface area contributed by atoms with E-state index in [-0.39, 0.29) is 12.5 Å². The zero-order chi connectivity index (χ0) is 12.9. The second kappa shape index (κ2) is 5.72. The van der Waals surface area contributed by atoms with Gasteiger partial charge in [0.15, 0.2) is 0 Å². The summed E-state index contributed by atoms with van der Waals surface area (Å²) < 4.78 is 3.58. The minimum Gasteiger partial charge on any atom is -0.481 e. The monoisotopic (exact) mass is 257 g/mol. The molecule has 0 fully saturated rings. The van der Waals surface area contributed by atoms with Crippen LogP contribution in [0.2, 0.25) is 0 Å². The second-order valence-electron chi connectivity index (χ2n) is 3.76. The topological polar surface area (TPSA) is 92.2 Å². The van der Waals surface area contributed by atoms with E-state index in [2.05, 4.69) is 14.9 Å². The Bertz CT molecular complexity index is 388.